The summed E-state index contributed by atoms with van der Waals surface area (Å²) in [4.78, 5) is 7.31. The molecule has 2 N–H and O–H groups in total. The lowest BCUT2D eigenvalue weighted by molar-refractivity contribution is 0.223. The first kappa shape index (κ1) is 15.8. The van der Waals surface area contributed by atoms with Crippen molar-refractivity contribution in [3.8, 4) is 0 Å². The fourth-order valence-electron chi connectivity index (χ4n) is 3.36. The SMILES string of the molecule is O=S(=O)(c1c[nH]c2ncccc12)N1C[C@@H](CO)[C@H](c2ccsc2)C1. The fraction of sp³-hybridized carbons (Fsp3) is 0.312. The Hall–Kier alpha value is -1.74. The molecule has 126 valence electrons. The summed E-state index contributed by atoms with van der Waals surface area (Å²) in [5.74, 6) is -0.0583. The quantitative estimate of drug-likeness (QED) is 0.742. The molecule has 0 unspecified atom stereocenters. The second-order valence-corrected chi connectivity index (χ2v) is 8.67. The third kappa shape index (κ3) is 2.46. The minimum Gasteiger partial charge on any atom is -0.396 e. The standard InChI is InChI=1S/C16H17N3O3S2/c20-9-12-7-19(8-14(12)11-3-5-23-10-11)24(21,22)15-6-18-16-13(15)2-1-4-17-16/h1-6,10,12,14,20H,7-9H2,(H,17,18)/t12-,14-/m0/s1. The number of nitrogens with zero attached hydrogens (tertiary/aromatic N) is 2. The maximum Gasteiger partial charge on any atom is 0.245 e. The molecule has 1 fully saturated rings. The van der Waals surface area contributed by atoms with Crippen LogP contribution in [0.2, 0.25) is 0 Å². The van der Waals surface area contributed by atoms with Crippen LogP contribution in [0.5, 0.6) is 0 Å². The predicted molar refractivity (Wildman–Crippen MR) is 92.5 cm³/mol. The van der Waals surface area contributed by atoms with Crippen LogP contribution in [0.3, 0.4) is 0 Å². The molecule has 0 saturated carbocycles. The second kappa shape index (κ2) is 5.96. The molecular weight excluding hydrogens is 346 g/mol. The van der Waals surface area contributed by atoms with Gasteiger partial charge >= 0.3 is 0 Å². The van der Waals surface area contributed by atoms with Gasteiger partial charge in [0.1, 0.15) is 10.5 Å². The largest absolute Gasteiger partial charge is 0.396 e. The summed E-state index contributed by atoms with van der Waals surface area (Å²) in [6.07, 6.45) is 3.12. The normalized spacial score (nSPS) is 22.4. The van der Waals surface area contributed by atoms with Crippen molar-refractivity contribution in [1.29, 1.82) is 0 Å². The highest BCUT2D eigenvalue weighted by atomic mass is 32.2. The number of pyridine rings is 1. The van der Waals surface area contributed by atoms with E-state index in [-0.39, 0.29) is 23.3 Å². The van der Waals surface area contributed by atoms with Gasteiger partial charge in [0.05, 0.1) is 0 Å². The van der Waals surface area contributed by atoms with E-state index in [1.807, 2.05) is 16.8 Å². The molecule has 4 heterocycles. The van der Waals surface area contributed by atoms with Gasteiger partial charge in [-0.05, 0) is 34.5 Å². The summed E-state index contributed by atoms with van der Waals surface area (Å²) in [6.45, 7) is 0.686. The molecule has 8 heteroatoms. The van der Waals surface area contributed by atoms with Crippen LogP contribution in [0.1, 0.15) is 11.5 Å². The molecule has 24 heavy (non-hydrogen) atoms. The van der Waals surface area contributed by atoms with Crippen LogP contribution in [0, 0.1) is 5.92 Å². The van der Waals surface area contributed by atoms with Crippen LogP contribution >= 0.6 is 11.3 Å². The van der Waals surface area contributed by atoms with E-state index < -0.39 is 10.0 Å². The first-order valence-corrected chi connectivity index (χ1v) is 10.0. The van der Waals surface area contributed by atoms with Gasteiger partial charge in [-0.25, -0.2) is 13.4 Å². The number of rotatable bonds is 4. The molecule has 0 radical (unpaired) electrons. The molecule has 6 nitrogen and oxygen atoms in total. The monoisotopic (exact) mass is 363 g/mol. The van der Waals surface area contributed by atoms with Crippen LogP contribution in [0.25, 0.3) is 11.0 Å². The topological polar surface area (TPSA) is 86.3 Å². The highest BCUT2D eigenvalue weighted by molar-refractivity contribution is 7.89. The molecule has 3 aromatic heterocycles. The Morgan fingerprint density at radius 3 is 3.00 bits per heavy atom. The first-order chi connectivity index (χ1) is 11.6. The Labute approximate surface area is 143 Å². The number of sulfonamides is 1. The molecule has 4 rings (SSSR count). The van der Waals surface area contributed by atoms with Crippen molar-refractivity contribution < 1.29 is 13.5 Å². The summed E-state index contributed by atoms with van der Waals surface area (Å²) in [6, 6.07) is 5.48. The number of hydrogen-bond donors (Lipinski definition) is 2. The highest BCUT2D eigenvalue weighted by Crippen LogP contribution is 2.37. The smallest absolute Gasteiger partial charge is 0.245 e. The zero-order chi connectivity index (χ0) is 16.7. The molecule has 0 spiro atoms. The zero-order valence-corrected chi connectivity index (χ0v) is 14.4. The number of H-pyrrole nitrogens is 1. The molecule has 1 saturated heterocycles. The summed E-state index contributed by atoms with van der Waals surface area (Å²) in [7, 11) is -3.63. The minimum atomic E-state index is -3.63. The molecule has 0 amide bonds. The van der Waals surface area contributed by atoms with Gasteiger partial charge in [0.15, 0.2) is 0 Å². The van der Waals surface area contributed by atoms with Crippen molar-refractivity contribution in [1.82, 2.24) is 14.3 Å². The Kier molecular flexibility index (Phi) is 3.92. The number of nitrogens with one attached hydrogen (secondary N) is 1. The molecule has 2 atom stereocenters. The molecule has 0 aromatic carbocycles. The number of thiophene rings is 1. The Balaban J connectivity index is 1.70. The van der Waals surface area contributed by atoms with E-state index in [9.17, 15) is 13.5 Å². The van der Waals surface area contributed by atoms with Crippen molar-refractivity contribution in [3.05, 3.63) is 46.9 Å². The summed E-state index contributed by atoms with van der Waals surface area (Å²) < 4.78 is 27.6. The van der Waals surface area contributed by atoms with Crippen LogP contribution in [-0.2, 0) is 10.0 Å². The third-order valence-corrected chi connectivity index (χ3v) is 7.22. The molecule has 1 aliphatic rings. The van der Waals surface area contributed by atoms with Crippen molar-refractivity contribution in [2.24, 2.45) is 5.92 Å². The van der Waals surface area contributed by atoms with E-state index in [1.165, 1.54) is 10.5 Å². The Bertz CT molecular complexity index is 950. The van der Waals surface area contributed by atoms with Gasteiger partial charge < -0.3 is 10.1 Å². The number of aliphatic hydroxyl groups excluding tert-OH is 1. The lowest BCUT2D eigenvalue weighted by Gasteiger charge is -2.15. The van der Waals surface area contributed by atoms with Gasteiger partial charge in [-0.1, -0.05) is 0 Å². The highest BCUT2D eigenvalue weighted by Gasteiger charge is 2.40. The van der Waals surface area contributed by atoms with Crippen LogP contribution in [0.15, 0.2) is 46.2 Å². The van der Waals surface area contributed by atoms with E-state index in [0.29, 0.717) is 24.1 Å². The maximum atomic E-state index is 13.1. The maximum absolute atomic E-state index is 13.1. The predicted octanol–water partition coefficient (Wildman–Crippen LogP) is 2.02. The van der Waals surface area contributed by atoms with Crippen LogP contribution < -0.4 is 0 Å². The van der Waals surface area contributed by atoms with Gasteiger partial charge in [-0.2, -0.15) is 15.6 Å². The summed E-state index contributed by atoms with van der Waals surface area (Å²) >= 11 is 1.58. The van der Waals surface area contributed by atoms with Gasteiger partial charge in [0.25, 0.3) is 0 Å². The minimum absolute atomic E-state index is 0.0258. The van der Waals surface area contributed by atoms with E-state index >= 15 is 0 Å². The van der Waals surface area contributed by atoms with E-state index in [1.54, 1.807) is 29.7 Å². The number of aliphatic hydroxyl groups is 1. The summed E-state index contributed by atoms with van der Waals surface area (Å²) in [5, 5.41) is 14.3. The average Bonchev–Trinajstić information content (AvgIpc) is 3.31. The zero-order valence-electron chi connectivity index (χ0n) is 12.8. The van der Waals surface area contributed by atoms with Gasteiger partial charge in [-0.15, -0.1) is 0 Å². The number of hydrogen-bond acceptors (Lipinski definition) is 5. The van der Waals surface area contributed by atoms with Gasteiger partial charge in [0.2, 0.25) is 10.0 Å². The second-order valence-electron chi connectivity index (χ2n) is 5.98. The van der Waals surface area contributed by atoms with Crippen molar-refractivity contribution >= 4 is 32.4 Å². The molecule has 1 aliphatic heterocycles. The summed E-state index contributed by atoms with van der Waals surface area (Å²) in [5.41, 5.74) is 1.65. The molecule has 0 aliphatic carbocycles. The first-order valence-electron chi connectivity index (χ1n) is 7.66. The van der Waals surface area contributed by atoms with E-state index in [4.69, 9.17) is 0 Å². The lowest BCUT2D eigenvalue weighted by Crippen LogP contribution is -2.29. The van der Waals surface area contributed by atoms with E-state index in [2.05, 4.69) is 9.97 Å². The molecule has 0 bridgehead atoms. The average molecular weight is 363 g/mol. The Morgan fingerprint density at radius 2 is 2.25 bits per heavy atom. The van der Waals surface area contributed by atoms with Gasteiger partial charge in [-0.3, -0.25) is 0 Å². The molecule has 3 aromatic rings. The molecular formula is C16H17N3O3S2. The lowest BCUT2D eigenvalue weighted by atomic mass is 9.92. The Morgan fingerprint density at radius 1 is 1.38 bits per heavy atom. The number of fused-ring (bicyclic) bond motifs is 1. The van der Waals surface area contributed by atoms with Crippen molar-refractivity contribution in [2.45, 2.75) is 10.8 Å². The fourth-order valence-corrected chi connectivity index (χ4v) is 5.76. The van der Waals surface area contributed by atoms with Gasteiger partial charge in [0, 0.05) is 49.3 Å². The van der Waals surface area contributed by atoms with Crippen molar-refractivity contribution in [3.63, 3.8) is 0 Å². The van der Waals surface area contributed by atoms with Crippen molar-refractivity contribution in [2.75, 3.05) is 19.7 Å². The van der Waals surface area contributed by atoms with Crippen LogP contribution in [0.4, 0.5) is 0 Å². The third-order valence-electron chi connectivity index (χ3n) is 4.64. The number of aromatic nitrogens is 2. The van der Waals surface area contributed by atoms with Crippen LogP contribution in [-0.4, -0.2) is 47.5 Å². The van der Waals surface area contributed by atoms with E-state index in [0.717, 1.165) is 5.56 Å². The number of aromatic amines is 1.